The first-order valence-electron chi connectivity index (χ1n) is 6.40. The van der Waals surface area contributed by atoms with Gasteiger partial charge in [0.25, 0.3) is 16.8 Å². The molecule has 120 valence electrons. The lowest BCUT2D eigenvalue weighted by Crippen LogP contribution is -2.34. The van der Waals surface area contributed by atoms with Crippen molar-refractivity contribution in [3.63, 3.8) is 0 Å². The van der Waals surface area contributed by atoms with Gasteiger partial charge < -0.3 is 4.74 Å². The van der Waals surface area contributed by atoms with Gasteiger partial charge >= 0.3 is 5.97 Å². The summed E-state index contributed by atoms with van der Waals surface area (Å²) in [6.07, 6.45) is 1.38. The highest BCUT2D eigenvalue weighted by Crippen LogP contribution is 2.32. The van der Waals surface area contributed by atoms with Crippen LogP contribution in [0.25, 0.3) is 6.08 Å². The van der Waals surface area contributed by atoms with Crippen LogP contribution in [0.5, 0.6) is 0 Å². The van der Waals surface area contributed by atoms with E-state index in [1.807, 2.05) is 0 Å². The predicted molar refractivity (Wildman–Crippen MR) is 82.5 cm³/mol. The summed E-state index contributed by atoms with van der Waals surface area (Å²) in [4.78, 5) is 46.4. The zero-order valence-corrected chi connectivity index (χ0v) is 13.1. The molecule has 0 atom stereocenters. The van der Waals surface area contributed by atoms with Gasteiger partial charge in [0.05, 0.1) is 16.9 Å². The van der Waals surface area contributed by atoms with E-state index in [9.17, 15) is 24.5 Å². The van der Waals surface area contributed by atoms with Crippen molar-refractivity contribution in [1.29, 1.82) is 0 Å². The summed E-state index contributed by atoms with van der Waals surface area (Å²) in [5.41, 5.74) is 0.837. The molecule has 0 N–H and O–H groups in total. The van der Waals surface area contributed by atoms with Crippen LogP contribution in [0.2, 0.25) is 0 Å². The standard InChI is InChI=1S/C14H12N2O6S/c1-8-3-4-9(5-10(8)16(20)21)6-11-13(18)15(14(19)23-11)7-12(17)22-2/h3-6H,7H2,1-2H3/b11-6-. The molecule has 1 aromatic rings. The molecular weight excluding hydrogens is 324 g/mol. The number of nitro groups is 1. The quantitative estimate of drug-likeness (QED) is 0.359. The number of nitrogens with zero attached hydrogens (tertiary/aromatic N) is 2. The number of benzene rings is 1. The van der Waals surface area contributed by atoms with Crippen LogP contribution >= 0.6 is 11.8 Å². The van der Waals surface area contributed by atoms with Crippen LogP contribution in [0.15, 0.2) is 23.1 Å². The fraction of sp³-hybridized carbons (Fsp3) is 0.214. The maximum absolute atomic E-state index is 12.1. The highest BCUT2D eigenvalue weighted by Gasteiger charge is 2.36. The van der Waals surface area contributed by atoms with Gasteiger partial charge in [-0.3, -0.25) is 29.4 Å². The molecule has 2 rings (SSSR count). The summed E-state index contributed by atoms with van der Waals surface area (Å²) in [5, 5.41) is 10.3. The molecular formula is C14H12N2O6S. The number of ether oxygens (including phenoxy) is 1. The highest BCUT2D eigenvalue weighted by molar-refractivity contribution is 8.18. The number of aryl methyl sites for hydroxylation is 1. The molecule has 1 saturated heterocycles. The lowest BCUT2D eigenvalue weighted by atomic mass is 10.1. The lowest BCUT2D eigenvalue weighted by molar-refractivity contribution is -0.385. The zero-order chi connectivity index (χ0) is 17.1. The van der Waals surface area contributed by atoms with Crippen molar-refractivity contribution in [2.45, 2.75) is 6.92 Å². The Morgan fingerprint density at radius 3 is 2.74 bits per heavy atom. The number of carbonyl (C=O) groups is 3. The van der Waals surface area contributed by atoms with Crippen LogP contribution in [-0.2, 0) is 14.3 Å². The number of amides is 2. The van der Waals surface area contributed by atoms with Crippen molar-refractivity contribution < 1.29 is 24.0 Å². The molecule has 0 aliphatic carbocycles. The maximum atomic E-state index is 12.1. The number of methoxy groups -OCH3 is 1. The molecule has 2 amide bonds. The van der Waals surface area contributed by atoms with E-state index in [1.54, 1.807) is 19.1 Å². The Hall–Kier alpha value is -2.68. The molecule has 0 spiro atoms. The summed E-state index contributed by atoms with van der Waals surface area (Å²) < 4.78 is 4.43. The molecule has 9 heteroatoms. The summed E-state index contributed by atoms with van der Waals surface area (Å²) in [7, 11) is 1.16. The minimum absolute atomic E-state index is 0.0764. The maximum Gasteiger partial charge on any atom is 0.325 e. The Morgan fingerprint density at radius 2 is 2.13 bits per heavy atom. The molecule has 0 aromatic heterocycles. The Labute approximate surface area is 135 Å². The van der Waals surface area contributed by atoms with Gasteiger partial charge in [0.15, 0.2) is 0 Å². The van der Waals surface area contributed by atoms with E-state index in [2.05, 4.69) is 4.74 Å². The summed E-state index contributed by atoms with van der Waals surface area (Å²) >= 11 is 0.668. The number of thioether (sulfide) groups is 1. The van der Waals surface area contributed by atoms with E-state index >= 15 is 0 Å². The van der Waals surface area contributed by atoms with Crippen LogP contribution in [0.1, 0.15) is 11.1 Å². The number of imide groups is 1. The van der Waals surface area contributed by atoms with Crippen molar-refractivity contribution >= 4 is 40.6 Å². The largest absolute Gasteiger partial charge is 0.468 e. The fourth-order valence-corrected chi connectivity index (χ4v) is 2.73. The minimum atomic E-state index is -0.709. The number of hydrogen-bond acceptors (Lipinski definition) is 7. The Morgan fingerprint density at radius 1 is 1.43 bits per heavy atom. The fourth-order valence-electron chi connectivity index (χ4n) is 1.89. The number of nitro benzene ring substituents is 1. The monoisotopic (exact) mass is 336 g/mol. The first-order chi connectivity index (χ1) is 10.8. The van der Waals surface area contributed by atoms with Crippen LogP contribution in [0.3, 0.4) is 0 Å². The second-order valence-corrected chi connectivity index (χ2v) is 5.64. The smallest absolute Gasteiger partial charge is 0.325 e. The summed E-state index contributed by atoms with van der Waals surface area (Å²) in [6, 6.07) is 4.49. The van der Waals surface area contributed by atoms with Crippen LogP contribution in [-0.4, -0.2) is 40.6 Å². The SMILES string of the molecule is COC(=O)CN1C(=O)S/C(=C\c2ccc(C)c([N+](=O)[O-])c2)C1=O. The van der Waals surface area contributed by atoms with Crippen molar-refractivity contribution in [2.75, 3.05) is 13.7 Å². The van der Waals surface area contributed by atoms with Crippen molar-refractivity contribution in [1.82, 2.24) is 4.90 Å². The van der Waals surface area contributed by atoms with Crippen LogP contribution in [0, 0.1) is 17.0 Å². The third-order valence-corrected chi connectivity index (χ3v) is 4.02. The molecule has 1 aromatic carbocycles. The molecule has 1 heterocycles. The van der Waals surface area contributed by atoms with Crippen LogP contribution < -0.4 is 0 Å². The van der Waals surface area contributed by atoms with E-state index in [-0.39, 0.29) is 10.6 Å². The third kappa shape index (κ3) is 3.57. The van der Waals surface area contributed by atoms with E-state index in [1.165, 1.54) is 12.1 Å². The Bertz CT molecular complexity index is 743. The molecule has 23 heavy (non-hydrogen) atoms. The summed E-state index contributed by atoms with van der Waals surface area (Å²) in [6.45, 7) is 1.14. The Balaban J connectivity index is 2.29. The van der Waals surface area contributed by atoms with Crippen molar-refractivity contribution in [2.24, 2.45) is 0 Å². The molecule has 1 aliphatic rings. The van der Waals surface area contributed by atoms with Crippen molar-refractivity contribution in [3.05, 3.63) is 44.3 Å². The van der Waals surface area contributed by atoms with Gasteiger partial charge in [-0.2, -0.15) is 0 Å². The van der Waals surface area contributed by atoms with E-state index in [0.29, 0.717) is 22.9 Å². The number of hydrogen-bond donors (Lipinski definition) is 0. The molecule has 8 nitrogen and oxygen atoms in total. The normalized spacial score (nSPS) is 16.1. The second-order valence-electron chi connectivity index (χ2n) is 4.65. The zero-order valence-electron chi connectivity index (χ0n) is 12.3. The molecule has 1 aliphatic heterocycles. The Kier molecular flexibility index (Phi) is 4.80. The lowest BCUT2D eigenvalue weighted by Gasteiger charge is -2.09. The van der Waals surface area contributed by atoms with Gasteiger partial charge in [0.2, 0.25) is 0 Å². The minimum Gasteiger partial charge on any atom is -0.468 e. The predicted octanol–water partition coefficient (Wildman–Crippen LogP) is 2.11. The van der Waals surface area contributed by atoms with Gasteiger partial charge in [-0.15, -0.1) is 0 Å². The van der Waals surface area contributed by atoms with Gasteiger partial charge in [0, 0.05) is 11.6 Å². The first-order valence-corrected chi connectivity index (χ1v) is 7.22. The highest BCUT2D eigenvalue weighted by atomic mass is 32.2. The number of rotatable bonds is 4. The second kappa shape index (κ2) is 6.61. The van der Waals surface area contributed by atoms with E-state index in [4.69, 9.17) is 0 Å². The average molecular weight is 336 g/mol. The van der Waals surface area contributed by atoms with Gasteiger partial charge in [-0.25, -0.2) is 0 Å². The van der Waals surface area contributed by atoms with Crippen molar-refractivity contribution in [3.8, 4) is 0 Å². The summed E-state index contributed by atoms with van der Waals surface area (Å²) in [5.74, 6) is -1.34. The molecule has 0 bridgehead atoms. The van der Waals surface area contributed by atoms with Gasteiger partial charge in [0.1, 0.15) is 6.54 Å². The first kappa shape index (κ1) is 16.7. The van der Waals surface area contributed by atoms with Gasteiger partial charge in [-0.1, -0.05) is 12.1 Å². The molecule has 0 unspecified atom stereocenters. The van der Waals surface area contributed by atoms with E-state index < -0.39 is 28.6 Å². The van der Waals surface area contributed by atoms with Crippen LogP contribution in [0.4, 0.5) is 10.5 Å². The molecule has 1 fully saturated rings. The third-order valence-electron chi connectivity index (χ3n) is 3.12. The van der Waals surface area contributed by atoms with Gasteiger partial charge in [-0.05, 0) is 30.3 Å². The molecule has 0 saturated carbocycles. The number of carbonyl (C=O) groups excluding carboxylic acids is 3. The topological polar surface area (TPSA) is 107 Å². The molecule has 0 radical (unpaired) electrons. The average Bonchev–Trinajstić information content (AvgIpc) is 2.76. The van der Waals surface area contributed by atoms with E-state index in [0.717, 1.165) is 12.0 Å². The number of esters is 1.